The maximum atomic E-state index is 8.89. The van der Waals surface area contributed by atoms with Gasteiger partial charge >= 0.3 is 0 Å². The molecule has 0 saturated heterocycles. The van der Waals surface area contributed by atoms with Crippen molar-refractivity contribution in [3.8, 4) is 0 Å². The number of hydrogen-bond acceptors (Lipinski definition) is 5. The number of aromatic nitrogens is 2. The van der Waals surface area contributed by atoms with Crippen LogP contribution in [-0.4, -0.2) is 34.3 Å². The molecule has 118 valence electrons. The molecule has 1 fully saturated rings. The smallest absolute Gasteiger partial charge is 0.225 e. The number of fused-ring (bicyclic) bond motifs is 1. The van der Waals surface area contributed by atoms with Crippen LogP contribution in [0.15, 0.2) is 24.3 Å². The van der Waals surface area contributed by atoms with E-state index in [1.54, 1.807) is 0 Å². The number of hydrogen-bond donors (Lipinski definition) is 3. The molecule has 1 aliphatic rings. The van der Waals surface area contributed by atoms with Gasteiger partial charge in [0, 0.05) is 24.6 Å². The summed E-state index contributed by atoms with van der Waals surface area (Å²) >= 11 is 0. The van der Waals surface area contributed by atoms with E-state index in [0.29, 0.717) is 25.0 Å². The molecule has 5 nitrogen and oxygen atoms in total. The highest BCUT2D eigenvalue weighted by molar-refractivity contribution is 5.90. The van der Waals surface area contributed by atoms with Crippen molar-refractivity contribution in [3.63, 3.8) is 0 Å². The largest absolute Gasteiger partial charge is 0.396 e. The van der Waals surface area contributed by atoms with Gasteiger partial charge < -0.3 is 15.7 Å². The first-order valence-corrected chi connectivity index (χ1v) is 8.25. The molecule has 0 atom stereocenters. The highest BCUT2D eigenvalue weighted by atomic mass is 16.3. The summed E-state index contributed by atoms with van der Waals surface area (Å²) in [5, 5.41) is 16.8. The molecule has 22 heavy (non-hydrogen) atoms. The first kappa shape index (κ1) is 15.0. The summed E-state index contributed by atoms with van der Waals surface area (Å²) in [7, 11) is 0. The van der Waals surface area contributed by atoms with E-state index in [2.05, 4.69) is 26.7 Å². The Morgan fingerprint density at radius 2 is 1.91 bits per heavy atom. The number of nitrogens with one attached hydrogen (secondary N) is 2. The monoisotopic (exact) mass is 300 g/mol. The average Bonchev–Trinajstić information content (AvgIpc) is 2.56. The van der Waals surface area contributed by atoms with Crippen molar-refractivity contribution in [2.75, 3.05) is 23.8 Å². The fourth-order valence-corrected chi connectivity index (χ4v) is 2.99. The van der Waals surface area contributed by atoms with Crippen LogP contribution in [-0.2, 0) is 0 Å². The van der Waals surface area contributed by atoms with Gasteiger partial charge in [-0.25, -0.2) is 4.98 Å². The summed E-state index contributed by atoms with van der Waals surface area (Å²) in [6.45, 7) is 0.853. The third-order valence-electron chi connectivity index (χ3n) is 4.17. The van der Waals surface area contributed by atoms with Gasteiger partial charge in [0.2, 0.25) is 5.95 Å². The molecule has 1 saturated carbocycles. The predicted octanol–water partition coefficient (Wildman–Crippen LogP) is 3.17. The zero-order chi connectivity index (χ0) is 15.2. The molecule has 0 aliphatic heterocycles. The number of aliphatic hydroxyl groups excluding tert-OH is 1. The molecule has 0 unspecified atom stereocenters. The van der Waals surface area contributed by atoms with Gasteiger partial charge in [0.15, 0.2) is 0 Å². The molecular weight excluding hydrogens is 276 g/mol. The van der Waals surface area contributed by atoms with Crippen LogP contribution in [0.4, 0.5) is 11.8 Å². The van der Waals surface area contributed by atoms with Gasteiger partial charge in [0.1, 0.15) is 5.82 Å². The van der Waals surface area contributed by atoms with E-state index >= 15 is 0 Å². The Labute approximate surface area is 131 Å². The molecule has 0 bridgehead atoms. The topological polar surface area (TPSA) is 70.1 Å². The second-order valence-corrected chi connectivity index (χ2v) is 5.90. The lowest BCUT2D eigenvalue weighted by Gasteiger charge is -2.24. The van der Waals surface area contributed by atoms with Gasteiger partial charge in [-0.15, -0.1) is 0 Å². The fourth-order valence-electron chi connectivity index (χ4n) is 2.99. The van der Waals surface area contributed by atoms with Crippen LogP contribution >= 0.6 is 0 Å². The molecule has 0 amide bonds. The molecule has 1 aromatic heterocycles. The summed E-state index contributed by atoms with van der Waals surface area (Å²) in [6, 6.07) is 8.61. The molecule has 1 heterocycles. The highest BCUT2D eigenvalue weighted by Crippen LogP contribution is 2.26. The van der Waals surface area contributed by atoms with Crippen LogP contribution in [0, 0.1) is 0 Å². The van der Waals surface area contributed by atoms with Gasteiger partial charge in [0.05, 0.1) is 5.52 Å². The van der Waals surface area contributed by atoms with E-state index < -0.39 is 0 Å². The summed E-state index contributed by atoms with van der Waals surface area (Å²) in [5.74, 6) is 1.55. The van der Waals surface area contributed by atoms with E-state index in [1.165, 1.54) is 32.1 Å². The van der Waals surface area contributed by atoms with Crippen molar-refractivity contribution in [2.45, 2.75) is 44.6 Å². The van der Waals surface area contributed by atoms with Crippen LogP contribution in [0.1, 0.15) is 38.5 Å². The second-order valence-electron chi connectivity index (χ2n) is 5.90. The molecular formula is C17H24N4O. The molecule has 0 radical (unpaired) electrons. The lowest BCUT2D eigenvalue weighted by Crippen LogP contribution is -2.23. The third-order valence-corrected chi connectivity index (χ3v) is 4.17. The maximum absolute atomic E-state index is 8.89. The highest BCUT2D eigenvalue weighted by Gasteiger charge is 2.15. The number of para-hydroxylation sites is 1. The zero-order valence-corrected chi connectivity index (χ0v) is 12.9. The van der Waals surface area contributed by atoms with Crippen LogP contribution < -0.4 is 10.6 Å². The minimum Gasteiger partial charge on any atom is -0.396 e. The number of anilines is 2. The number of benzene rings is 1. The van der Waals surface area contributed by atoms with Gasteiger partial charge in [0.25, 0.3) is 0 Å². The van der Waals surface area contributed by atoms with E-state index in [-0.39, 0.29) is 6.61 Å². The van der Waals surface area contributed by atoms with E-state index in [1.807, 2.05) is 18.2 Å². The first-order valence-electron chi connectivity index (χ1n) is 8.25. The Morgan fingerprint density at radius 3 is 2.73 bits per heavy atom. The molecule has 2 aromatic rings. The minimum absolute atomic E-state index is 0.174. The quantitative estimate of drug-likeness (QED) is 0.715. The standard InChI is InChI=1S/C17H24N4O/c22-12-6-11-18-17-20-15-10-5-4-9-14(15)16(21-17)19-13-7-2-1-3-8-13/h4-5,9-10,13,22H,1-3,6-8,11-12H2,(H2,18,19,20,21). The number of rotatable bonds is 6. The third kappa shape index (κ3) is 3.65. The van der Waals surface area contributed by atoms with Crippen LogP contribution in [0.3, 0.4) is 0 Å². The number of aliphatic hydroxyl groups is 1. The molecule has 0 spiro atoms. The summed E-state index contributed by atoms with van der Waals surface area (Å²) in [5.41, 5.74) is 0.947. The molecule has 5 heteroatoms. The average molecular weight is 300 g/mol. The van der Waals surface area contributed by atoms with Crippen molar-refractivity contribution < 1.29 is 5.11 Å². The Bertz CT molecular complexity index is 611. The van der Waals surface area contributed by atoms with Crippen molar-refractivity contribution in [1.82, 2.24) is 9.97 Å². The SMILES string of the molecule is OCCCNc1nc(NC2CCCCC2)c2ccccc2n1. The lowest BCUT2D eigenvalue weighted by atomic mass is 9.95. The van der Waals surface area contributed by atoms with Crippen molar-refractivity contribution in [1.29, 1.82) is 0 Å². The zero-order valence-electron chi connectivity index (χ0n) is 12.9. The number of nitrogens with zero attached hydrogens (tertiary/aromatic N) is 2. The van der Waals surface area contributed by atoms with Crippen LogP contribution in [0.2, 0.25) is 0 Å². The summed E-state index contributed by atoms with van der Waals surface area (Å²) < 4.78 is 0. The van der Waals surface area contributed by atoms with Crippen LogP contribution in [0.5, 0.6) is 0 Å². The lowest BCUT2D eigenvalue weighted by molar-refractivity contribution is 0.292. The molecule has 1 aliphatic carbocycles. The van der Waals surface area contributed by atoms with E-state index in [0.717, 1.165) is 16.7 Å². The normalized spacial score (nSPS) is 15.9. The fraction of sp³-hybridized carbons (Fsp3) is 0.529. The van der Waals surface area contributed by atoms with Crippen molar-refractivity contribution >= 4 is 22.7 Å². The second kappa shape index (κ2) is 7.40. The Balaban J connectivity index is 1.84. The Morgan fingerprint density at radius 1 is 1.09 bits per heavy atom. The van der Waals surface area contributed by atoms with Gasteiger partial charge in [-0.05, 0) is 31.4 Å². The summed E-state index contributed by atoms with van der Waals surface area (Å²) in [6.07, 6.45) is 7.06. The Kier molecular flexibility index (Phi) is 5.06. The van der Waals surface area contributed by atoms with Crippen LogP contribution in [0.25, 0.3) is 10.9 Å². The van der Waals surface area contributed by atoms with Crippen molar-refractivity contribution in [3.05, 3.63) is 24.3 Å². The Hall–Kier alpha value is -1.88. The molecule has 3 N–H and O–H groups in total. The molecule has 1 aromatic carbocycles. The maximum Gasteiger partial charge on any atom is 0.225 e. The van der Waals surface area contributed by atoms with Crippen molar-refractivity contribution in [2.24, 2.45) is 0 Å². The van der Waals surface area contributed by atoms with E-state index in [9.17, 15) is 0 Å². The minimum atomic E-state index is 0.174. The van der Waals surface area contributed by atoms with Gasteiger partial charge in [-0.3, -0.25) is 0 Å². The molecule has 3 rings (SSSR count). The summed E-state index contributed by atoms with van der Waals surface area (Å²) in [4.78, 5) is 9.21. The van der Waals surface area contributed by atoms with Gasteiger partial charge in [-0.2, -0.15) is 4.98 Å². The first-order chi connectivity index (χ1) is 10.9. The van der Waals surface area contributed by atoms with Gasteiger partial charge in [-0.1, -0.05) is 31.4 Å². The predicted molar refractivity (Wildman–Crippen MR) is 90.2 cm³/mol. The van der Waals surface area contributed by atoms with E-state index in [4.69, 9.17) is 5.11 Å².